The van der Waals surface area contributed by atoms with Gasteiger partial charge in [-0.25, -0.2) is 4.39 Å². The highest BCUT2D eigenvalue weighted by Gasteiger charge is 2.06. The first-order valence-electron chi connectivity index (χ1n) is 6.41. The predicted molar refractivity (Wildman–Crippen MR) is 78.8 cm³/mol. The molecular weight excluding hydrogens is 257 g/mol. The van der Waals surface area contributed by atoms with Gasteiger partial charge in [0.15, 0.2) is 17.3 Å². The summed E-state index contributed by atoms with van der Waals surface area (Å²) in [4.78, 5) is 5.08. The predicted octanol–water partition coefficient (Wildman–Crippen LogP) is 4.28. The van der Waals surface area contributed by atoms with Gasteiger partial charge in [0.25, 0.3) is 0 Å². The molecule has 3 nitrogen and oxygen atoms in total. The van der Waals surface area contributed by atoms with Gasteiger partial charge in [-0.1, -0.05) is 37.2 Å². The maximum atomic E-state index is 13.2. The Morgan fingerprint density at radius 1 is 1.15 bits per heavy atom. The number of aromatic hydroxyl groups is 1. The van der Waals surface area contributed by atoms with Crippen LogP contribution in [0.2, 0.25) is 0 Å². The minimum atomic E-state index is -0.670. The molecule has 0 radical (unpaired) electrons. The van der Waals surface area contributed by atoms with Crippen molar-refractivity contribution in [1.82, 2.24) is 0 Å². The fraction of sp³-hybridized carbons (Fsp3) is 0.188. The second-order valence-corrected chi connectivity index (χ2v) is 3.82. The molecule has 4 heteroatoms. The van der Waals surface area contributed by atoms with E-state index < -0.39 is 11.6 Å². The summed E-state index contributed by atoms with van der Waals surface area (Å²) in [6.07, 6.45) is 1.28. The normalized spacial score (nSPS) is 10.0. The van der Waals surface area contributed by atoms with Crippen molar-refractivity contribution in [2.24, 2.45) is 5.16 Å². The lowest BCUT2D eigenvalue weighted by atomic mass is 10.1. The maximum absolute atomic E-state index is 13.2. The Labute approximate surface area is 118 Å². The summed E-state index contributed by atoms with van der Waals surface area (Å²) in [6, 6.07) is 11.9. The molecule has 0 bridgehead atoms. The minimum Gasteiger partial charge on any atom is -0.504 e. The van der Waals surface area contributed by atoms with Crippen molar-refractivity contribution in [3.05, 3.63) is 59.4 Å². The van der Waals surface area contributed by atoms with Gasteiger partial charge in [0.1, 0.15) is 0 Å². The molecule has 2 aromatic carbocycles. The first-order valence-corrected chi connectivity index (χ1v) is 6.41. The van der Waals surface area contributed by atoms with Gasteiger partial charge in [-0.3, -0.25) is 0 Å². The SMILES string of the molecule is CC.Cc1cc(F)c(O)c(/C=N/Oc2ccccc2)c1. The summed E-state index contributed by atoms with van der Waals surface area (Å²) in [7, 11) is 0. The maximum Gasteiger partial charge on any atom is 0.165 e. The zero-order chi connectivity index (χ0) is 15.0. The van der Waals surface area contributed by atoms with E-state index in [2.05, 4.69) is 5.16 Å². The Hall–Kier alpha value is -2.36. The number of rotatable bonds is 3. The lowest BCUT2D eigenvalue weighted by Crippen LogP contribution is -1.91. The molecule has 0 aliphatic rings. The van der Waals surface area contributed by atoms with E-state index in [1.54, 1.807) is 25.1 Å². The molecule has 0 spiro atoms. The summed E-state index contributed by atoms with van der Waals surface area (Å²) < 4.78 is 13.2. The van der Waals surface area contributed by atoms with E-state index >= 15 is 0 Å². The zero-order valence-electron chi connectivity index (χ0n) is 11.8. The second kappa shape index (κ2) is 7.94. The molecule has 0 atom stereocenters. The second-order valence-electron chi connectivity index (χ2n) is 3.82. The number of hydrogen-bond donors (Lipinski definition) is 1. The summed E-state index contributed by atoms with van der Waals surface area (Å²) in [6.45, 7) is 5.73. The van der Waals surface area contributed by atoms with Crippen molar-refractivity contribution in [1.29, 1.82) is 0 Å². The Bertz CT molecular complexity index is 568. The lowest BCUT2D eigenvalue weighted by Gasteiger charge is -2.02. The zero-order valence-corrected chi connectivity index (χ0v) is 11.8. The summed E-state index contributed by atoms with van der Waals surface area (Å²) in [5.74, 6) is -0.529. The van der Waals surface area contributed by atoms with Crippen LogP contribution in [0.4, 0.5) is 4.39 Å². The van der Waals surface area contributed by atoms with E-state index in [0.717, 1.165) is 0 Å². The van der Waals surface area contributed by atoms with Gasteiger partial charge in [-0.05, 0) is 36.8 Å². The fourth-order valence-corrected chi connectivity index (χ4v) is 1.49. The molecule has 2 aromatic rings. The van der Waals surface area contributed by atoms with Crippen LogP contribution in [-0.2, 0) is 0 Å². The standard InChI is InChI=1S/C14H12FNO2.C2H6/c1-10-7-11(14(17)13(15)8-10)9-16-18-12-5-3-2-4-6-12;1-2/h2-9,17H,1H3;1-2H3/b16-9+;. The van der Waals surface area contributed by atoms with Crippen molar-refractivity contribution < 1.29 is 14.3 Å². The number of nitrogens with zero attached hydrogens (tertiary/aromatic N) is 1. The van der Waals surface area contributed by atoms with E-state index in [9.17, 15) is 9.50 Å². The van der Waals surface area contributed by atoms with Gasteiger partial charge in [0, 0.05) is 5.56 Å². The molecule has 20 heavy (non-hydrogen) atoms. The number of hydrogen-bond acceptors (Lipinski definition) is 3. The number of halogens is 1. The topological polar surface area (TPSA) is 41.8 Å². The Balaban J connectivity index is 0.000000956. The highest BCUT2D eigenvalue weighted by Crippen LogP contribution is 2.21. The Morgan fingerprint density at radius 2 is 1.80 bits per heavy atom. The Morgan fingerprint density at radius 3 is 2.45 bits per heavy atom. The van der Waals surface area contributed by atoms with Crippen LogP contribution in [0.15, 0.2) is 47.6 Å². The van der Waals surface area contributed by atoms with E-state index in [1.807, 2.05) is 32.0 Å². The molecule has 0 saturated carbocycles. The van der Waals surface area contributed by atoms with Crippen LogP contribution < -0.4 is 4.84 Å². The van der Waals surface area contributed by atoms with Gasteiger partial charge in [0.05, 0.1) is 6.21 Å². The highest BCUT2D eigenvalue weighted by molar-refractivity contribution is 5.83. The number of phenols is 1. The lowest BCUT2D eigenvalue weighted by molar-refractivity contribution is 0.343. The number of aryl methyl sites for hydroxylation is 1. The van der Waals surface area contributed by atoms with Gasteiger partial charge in [-0.2, -0.15) is 0 Å². The fourth-order valence-electron chi connectivity index (χ4n) is 1.49. The van der Waals surface area contributed by atoms with Crippen molar-refractivity contribution in [2.45, 2.75) is 20.8 Å². The monoisotopic (exact) mass is 275 g/mol. The van der Waals surface area contributed by atoms with E-state index in [-0.39, 0.29) is 5.56 Å². The summed E-state index contributed by atoms with van der Waals surface area (Å²) in [5, 5.41) is 13.2. The third-order valence-corrected chi connectivity index (χ3v) is 2.33. The van der Waals surface area contributed by atoms with E-state index in [1.165, 1.54) is 12.3 Å². The first-order chi connectivity index (χ1) is 9.66. The molecule has 0 aromatic heterocycles. The minimum absolute atomic E-state index is 0.281. The molecule has 0 unspecified atom stereocenters. The van der Waals surface area contributed by atoms with Gasteiger partial charge < -0.3 is 9.94 Å². The average Bonchev–Trinajstić information content (AvgIpc) is 2.47. The smallest absolute Gasteiger partial charge is 0.165 e. The Kier molecular flexibility index (Phi) is 6.23. The molecule has 0 heterocycles. The van der Waals surface area contributed by atoms with Gasteiger partial charge in [-0.15, -0.1) is 0 Å². The number of para-hydroxylation sites is 1. The molecular formula is C16H18FNO2. The molecule has 0 fully saturated rings. The van der Waals surface area contributed by atoms with Crippen molar-refractivity contribution in [3.63, 3.8) is 0 Å². The third-order valence-electron chi connectivity index (χ3n) is 2.33. The highest BCUT2D eigenvalue weighted by atomic mass is 19.1. The molecule has 2 rings (SSSR count). The molecule has 0 saturated heterocycles. The molecule has 0 aliphatic heterocycles. The van der Waals surface area contributed by atoms with Crippen LogP contribution >= 0.6 is 0 Å². The van der Waals surface area contributed by atoms with Gasteiger partial charge >= 0.3 is 0 Å². The van der Waals surface area contributed by atoms with Crippen LogP contribution in [0.3, 0.4) is 0 Å². The first kappa shape index (κ1) is 15.7. The van der Waals surface area contributed by atoms with Crippen LogP contribution in [0.5, 0.6) is 11.5 Å². The van der Waals surface area contributed by atoms with Crippen LogP contribution in [0.1, 0.15) is 25.0 Å². The van der Waals surface area contributed by atoms with E-state index in [0.29, 0.717) is 11.3 Å². The molecule has 0 amide bonds. The third kappa shape index (κ3) is 4.39. The molecule has 106 valence electrons. The van der Waals surface area contributed by atoms with Crippen molar-refractivity contribution >= 4 is 6.21 Å². The summed E-state index contributed by atoms with van der Waals surface area (Å²) in [5.41, 5.74) is 0.981. The number of benzene rings is 2. The molecule has 0 aliphatic carbocycles. The summed E-state index contributed by atoms with van der Waals surface area (Å²) >= 11 is 0. The molecule has 1 N–H and O–H groups in total. The average molecular weight is 275 g/mol. The van der Waals surface area contributed by atoms with Crippen molar-refractivity contribution in [2.75, 3.05) is 0 Å². The largest absolute Gasteiger partial charge is 0.504 e. The van der Waals surface area contributed by atoms with Crippen LogP contribution in [-0.4, -0.2) is 11.3 Å². The number of oxime groups is 1. The van der Waals surface area contributed by atoms with E-state index in [4.69, 9.17) is 4.84 Å². The van der Waals surface area contributed by atoms with Gasteiger partial charge in [0.2, 0.25) is 0 Å². The number of phenolic OH excluding ortho intramolecular Hbond substituents is 1. The quantitative estimate of drug-likeness (QED) is 0.671. The van der Waals surface area contributed by atoms with Crippen LogP contribution in [0, 0.1) is 12.7 Å². The van der Waals surface area contributed by atoms with Crippen molar-refractivity contribution in [3.8, 4) is 11.5 Å². The van der Waals surface area contributed by atoms with Crippen LogP contribution in [0.25, 0.3) is 0 Å².